The van der Waals surface area contributed by atoms with Gasteiger partial charge in [0, 0.05) is 13.1 Å². The maximum absolute atomic E-state index is 13.0. The summed E-state index contributed by atoms with van der Waals surface area (Å²) in [4.78, 5) is 0. The lowest BCUT2D eigenvalue weighted by Crippen LogP contribution is -2.19. The van der Waals surface area contributed by atoms with Crippen molar-refractivity contribution in [3.05, 3.63) is 35.1 Å². The second-order valence-electron chi connectivity index (χ2n) is 3.59. The highest BCUT2D eigenvalue weighted by Gasteiger charge is 2.03. The Morgan fingerprint density at radius 1 is 1.44 bits per heavy atom. The minimum absolute atomic E-state index is 0.0487. The first kappa shape index (κ1) is 12.2. The van der Waals surface area contributed by atoms with Crippen LogP contribution in [-0.4, -0.2) is 6.54 Å². The molecule has 0 heterocycles. The number of benzene rings is 1. The van der Waals surface area contributed by atoms with Crippen LogP contribution in [-0.2, 0) is 6.54 Å². The summed E-state index contributed by atoms with van der Waals surface area (Å²) in [6.07, 6.45) is 0. The van der Waals surface area contributed by atoms with E-state index in [2.05, 4.69) is 11.4 Å². The molecule has 0 radical (unpaired) electrons. The molecule has 1 atom stereocenters. The molecule has 0 aliphatic rings. The zero-order valence-electron chi connectivity index (χ0n) is 9.00. The summed E-state index contributed by atoms with van der Waals surface area (Å²) in [5.74, 6) is -0.562. The van der Waals surface area contributed by atoms with Gasteiger partial charge in [0.25, 0.3) is 0 Å². The third-order valence-electron chi connectivity index (χ3n) is 2.15. The Kier molecular flexibility index (Phi) is 4.44. The third-order valence-corrected chi connectivity index (χ3v) is 2.15. The van der Waals surface area contributed by atoms with Gasteiger partial charge in [-0.1, -0.05) is 6.07 Å². The second-order valence-corrected chi connectivity index (χ2v) is 3.59. The van der Waals surface area contributed by atoms with Gasteiger partial charge < -0.3 is 5.32 Å². The number of hydrogen-bond donors (Lipinski definition) is 1. The van der Waals surface area contributed by atoms with Gasteiger partial charge in [0.15, 0.2) is 0 Å². The van der Waals surface area contributed by atoms with Crippen LogP contribution in [0.4, 0.5) is 4.39 Å². The summed E-state index contributed by atoms with van der Waals surface area (Å²) < 4.78 is 13.0. The molecule has 1 unspecified atom stereocenters. The van der Waals surface area contributed by atoms with Crippen molar-refractivity contribution in [3.63, 3.8) is 0 Å². The van der Waals surface area contributed by atoms with Crippen molar-refractivity contribution >= 4 is 0 Å². The summed E-state index contributed by atoms with van der Waals surface area (Å²) in [5.41, 5.74) is 0.885. The molecule has 3 nitrogen and oxygen atoms in total. The highest BCUT2D eigenvalue weighted by Crippen LogP contribution is 2.09. The van der Waals surface area contributed by atoms with E-state index in [0.717, 1.165) is 5.56 Å². The van der Waals surface area contributed by atoms with Crippen molar-refractivity contribution in [1.29, 1.82) is 10.5 Å². The van der Waals surface area contributed by atoms with E-state index in [9.17, 15) is 4.39 Å². The van der Waals surface area contributed by atoms with Crippen molar-refractivity contribution in [2.45, 2.75) is 13.5 Å². The molecule has 0 spiro atoms. The van der Waals surface area contributed by atoms with Crippen molar-refractivity contribution in [2.24, 2.45) is 5.92 Å². The average molecular weight is 217 g/mol. The third kappa shape index (κ3) is 3.34. The molecule has 16 heavy (non-hydrogen) atoms. The molecule has 1 rings (SSSR count). The minimum atomic E-state index is -0.503. The van der Waals surface area contributed by atoms with E-state index < -0.39 is 5.82 Å². The molecular weight excluding hydrogens is 205 g/mol. The Morgan fingerprint density at radius 3 is 2.81 bits per heavy atom. The Labute approximate surface area is 94.1 Å². The molecule has 0 saturated carbocycles. The maximum atomic E-state index is 13.0. The maximum Gasteiger partial charge on any atom is 0.140 e. The molecule has 4 heteroatoms. The van der Waals surface area contributed by atoms with Crippen LogP contribution >= 0.6 is 0 Å². The summed E-state index contributed by atoms with van der Waals surface area (Å²) in [6, 6.07) is 8.32. The van der Waals surface area contributed by atoms with Crippen molar-refractivity contribution in [3.8, 4) is 12.1 Å². The van der Waals surface area contributed by atoms with E-state index >= 15 is 0 Å². The van der Waals surface area contributed by atoms with E-state index in [-0.39, 0.29) is 11.5 Å². The highest BCUT2D eigenvalue weighted by atomic mass is 19.1. The van der Waals surface area contributed by atoms with Crippen LogP contribution in [0.5, 0.6) is 0 Å². The molecule has 1 N–H and O–H groups in total. The second kappa shape index (κ2) is 5.85. The van der Waals surface area contributed by atoms with Crippen LogP contribution < -0.4 is 5.32 Å². The van der Waals surface area contributed by atoms with Gasteiger partial charge in [-0.2, -0.15) is 10.5 Å². The molecule has 1 aromatic carbocycles. The summed E-state index contributed by atoms with van der Waals surface area (Å²) >= 11 is 0. The standard InChI is InChI=1S/C12H12FN3/c1-9(5-14)7-16-8-10-2-3-12(13)11(4-10)6-15/h2-4,9,16H,7-8H2,1H3. The van der Waals surface area contributed by atoms with Crippen LogP contribution in [0.1, 0.15) is 18.1 Å². The van der Waals surface area contributed by atoms with Gasteiger partial charge in [0.2, 0.25) is 0 Å². The zero-order chi connectivity index (χ0) is 12.0. The fraction of sp³-hybridized carbons (Fsp3) is 0.333. The molecule has 1 aromatic rings. The Bertz CT molecular complexity index is 443. The van der Waals surface area contributed by atoms with Crippen LogP contribution in [0.25, 0.3) is 0 Å². The van der Waals surface area contributed by atoms with E-state index in [0.29, 0.717) is 13.1 Å². The first-order valence-electron chi connectivity index (χ1n) is 4.96. The molecular formula is C12H12FN3. The number of hydrogen-bond acceptors (Lipinski definition) is 3. The summed E-state index contributed by atoms with van der Waals surface area (Å²) in [6.45, 7) is 2.93. The van der Waals surface area contributed by atoms with Gasteiger partial charge in [0.1, 0.15) is 11.9 Å². The predicted molar refractivity (Wildman–Crippen MR) is 57.6 cm³/mol. The largest absolute Gasteiger partial charge is 0.311 e. The zero-order valence-corrected chi connectivity index (χ0v) is 9.00. The average Bonchev–Trinajstić information content (AvgIpc) is 2.31. The molecule has 0 bridgehead atoms. The molecule has 0 fully saturated rings. The SMILES string of the molecule is CC(C#N)CNCc1ccc(F)c(C#N)c1. The summed E-state index contributed by atoms with van der Waals surface area (Å²) in [5, 5.41) is 20.3. The van der Waals surface area contributed by atoms with Gasteiger partial charge in [-0.15, -0.1) is 0 Å². The summed E-state index contributed by atoms with van der Waals surface area (Å²) in [7, 11) is 0. The predicted octanol–water partition coefficient (Wildman–Crippen LogP) is 1.95. The van der Waals surface area contributed by atoms with Gasteiger partial charge in [-0.05, 0) is 24.6 Å². The number of halogens is 1. The van der Waals surface area contributed by atoms with Crippen molar-refractivity contribution < 1.29 is 4.39 Å². The minimum Gasteiger partial charge on any atom is -0.311 e. The quantitative estimate of drug-likeness (QED) is 0.838. The van der Waals surface area contributed by atoms with Gasteiger partial charge in [-0.3, -0.25) is 0 Å². The van der Waals surface area contributed by atoms with Crippen LogP contribution in [0.15, 0.2) is 18.2 Å². The highest BCUT2D eigenvalue weighted by molar-refractivity contribution is 5.34. The van der Waals surface area contributed by atoms with Gasteiger partial charge in [0.05, 0.1) is 17.6 Å². The fourth-order valence-electron chi connectivity index (χ4n) is 1.25. The topological polar surface area (TPSA) is 59.6 Å². The number of rotatable bonds is 4. The number of nitrogens with one attached hydrogen (secondary N) is 1. The van der Waals surface area contributed by atoms with E-state index in [1.165, 1.54) is 12.1 Å². The number of nitriles is 2. The lowest BCUT2D eigenvalue weighted by Gasteiger charge is -2.06. The van der Waals surface area contributed by atoms with Gasteiger partial charge in [-0.25, -0.2) is 4.39 Å². The smallest absolute Gasteiger partial charge is 0.140 e. The monoisotopic (exact) mass is 217 g/mol. The van der Waals surface area contributed by atoms with E-state index in [1.54, 1.807) is 12.1 Å². The van der Waals surface area contributed by atoms with Crippen molar-refractivity contribution in [1.82, 2.24) is 5.32 Å². The lowest BCUT2D eigenvalue weighted by molar-refractivity contribution is 0.597. The molecule has 0 saturated heterocycles. The van der Waals surface area contributed by atoms with E-state index in [1.807, 2.05) is 6.92 Å². The van der Waals surface area contributed by atoms with Crippen LogP contribution in [0.3, 0.4) is 0 Å². The van der Waals surface area contributed by atoms with Crippen LogP contribution in [0.2, 0.25) is 0 Å². The first-order valence-corrected chi connectivity index (χ1v) is 4.96. The normalized spacial score (nSPS) is 11.5. The molecule has 82 valence electrons. The number of nitrogens with zero attached hydrogens (tertiary/aromatic N) is 2. The molecule has 0 amide bonds. The lowest BCUT2D eigenvalue weighted by atomic mass is 10.1. The van der Waals surface area contributed by atoms with E-state index in [4.69, 9.17) is 10.5 Å². The molecule has 0 aliphatic heterocycles. The Balaban J connectivity index is 2.56. The first-order chi connectivity index (χ1) is 7.67. The Hall–Kier alpha value is -1.91. The van der Waals surface area contributed by atoms with Gasteiger partial charge >= 0.3 is 0 Å². The fourth-order valence-corrected chi connectivity index (χ4v) is 1.25. The Morgan fingerprint density at radius 2 is 2.19 bits per heavy atom. The van der Waals surface area contributed by atoms with Crippen LogP contribution in [0, 0.1) is 34.4 Å². The van der Waals surface area contributed by atoms with Crippen molar-refractivity contribution in [2.75, 3.05) is 6.54 Å². The molecule has 0 aromatic heterocycles. The molecule has 0 aliphatic carbocycles.